The van der Waals surface area contributed by atoms with Crippen molar-refractivity contribution in [2.45, 2.75) is 25.6 Å². The second-order valence-corrected chi connectivity index (χ2v) is 7.29. The van der Waals surface area contributed by atoms with Crippen molar-refractivity contribution in [3.8, 4) is 11.5 Å². The maximum Gasteiger partial charge on any atom is 0.451 e. The molecule has 10 heteroatoms. The summed E-state index contributed by atoms with van der Waals surface area (Å²) in [5.41, 5.74) is 1.14. The number of benzene rings is 1. The molecule has 0 saturated carbocycles. The molecule has 3 heterocycles. The molecule has 0 fully saturated rings. The summed E-state index contributed by atoms with van der Waals surface area (Å²) < 4.78 is 61.2. The minimum atomic E-state index is -4.74. The van der Waals surface area contributed by atoms with Crippen LogP contribution in [-0.4, -0.2) is 31.7 Å². The van der Waals surface area contributed by atoms with Crippen molar-refractivity contribution >= 4 is 11.7 Å². The summed E-state index contributed by atoms with van der Waals surface area (Å²) in [5.74, 6) is 0.309. The fraction of sp³-hybridized carbons (Fsp3) is 0.318. The number of carbonyl (C=O) groups is 1. The van der Waals surface area contributed by atoms with Crippen LogP contribution in [0.1, 0.15) is 34.4 Å². The maximum atomic E-state index is 13.3. The quantitative estimate of drug-likeness (QED) is 0.576. The van der Waals surface area contributed by atoms with Crippen LogP contribution in [-0.2, 0) is 12.6 Å². The highest BCUT2D eigenvalue weighted by molar-refractivity contribution is 5.91. The molecule has 4 rings (SSSR count). The maximum absolute atomic E-state index is 13.3. The molecule has 32 heavy (non-hydrogen) atoms. The number of halogens is 3. The smallest absolute Gasteiger partial charge is 0.451 e. The van der Waals surface area contributed by atoms with Crippen molar-refractivity contribution in [1.82, 2.24) is 4.90 Å². The zero-order chi connectivity index (χ0) is 23.0. The molecule has 0 saturated heterocycles. The number of amides is 2. The number of methoxy groups -OCH3 is 2. The average molecular weight is 450 g/mol. The van der Waals surface area contributed by atoms with Gasteiger partial charge in [-0.05, 0) is 37.1 Å². The van der Waals surface area contributed by atoms with Gasteiger partial charge in [-0.15, -0.1) is 0 Å². The van der Waals surface area contributed by atoms with Crippen molar-refractivity contribution in [3.63, 3.8) is 0 Å². The Morgan fingerprint density at radius 1 is 1.22 bits per heavy atom. The third kappa shape index (κ3) is 3.88. The minimum absolute atomic E-state index is 0.0352. The number of hydrogen-bond donors (Lipinski definition) is 1. The first-order valence-electron chi connectivity index (χ1n) is 9.76. The van der Waals surface area contributed by atoms with E-state index in [2.05, 4.69) is 5.32 Å². The summed E-state index contributed by atoms with van der Waals surface area (Å²) in [6, 6.07) is 6.63. The van der Waals surface area contributed by atoms with Gasteiger partial charge in [0.25, 0.3) is 0 Å². The molecule has 1 unspecified atom stereocenters. The molecule has 0 bridgehead atoms. The van der Waals surface area contributed by atoms with E-state index in [1.807, 2.05) is 6.07 Å². The third-order valence-electron chi connectivity index (χ3n) is 5.29. The number of alkyl halides is 3. The zero-order valence-corrected chi connectivity index (χ0v) is 17.6. The Bertz CT molecular complexity index is 1100. The van der Waals surface area contributed by atoms with Gasteiger partial charge < -0.3 is 28.5 Å². The van der Waals surface area contributed by atoms with Crippen LogP contribution in [0.15, 0.2) is 45.4 Å². The van der Waals surface area contributed by atoms with E-state index in [4.69, 9.17) is 18.3 Å². The van der Waals surface area contributed by atoms with Crippen LogP contribution in [0.25, 0.3) is 0 Å². The van der Waals surface area contributed by atoms with Crippen LogP contribution in [0.4, 0.5) is 23.7 Å². The number of hydrogen-bond acceptors (Lipinski definition) is 5. The predicted octanol–water partition coefficient (Wildman–Crippen LogP) is 5.40. The summed E-state index contributed by atoms with van der Waals surface area (Å²) in [6.07, 6.45) is -2.83. The number of furan rings is 2. The van der Waals surface area contributed by atoms with E-state index in [9.17, 15) is 18.0 Å². The molecule has 1 aromatic carbocycles. The first kappa shape index (κ1) is 21.7. The third-order valence-corrected chi connectivity index (χ3v) is 5.29. The molecule has 3 aromatic rings. The van der Waals surface area contributed by atoms with Gasteiger partial charge in [0.2, 0.25) is 5.76 Å². The number of fused-ring (bicyclic) bond motifs is 1. The Morgan fingerprint density at radius 2 is 2.00 bits per heavy atom. The largest absolute Gasteiger partial charge is 0.497 e. The van der Waals surface area contributed by atoms with E-state index in [0.717, 1.165) is 11.6 Å². The van der Waals surface area contributed by atoms with Gasteiger partial charge in [0.15, 0.2) is 0 Å². The lowest BCUT2D eigenvalue weighted by atomic mass is 9.90. The monoisotopic (exact) mass is 450 g/mol. The summed E-state index contributed by atoms with van der Waals surface area (Å²) >= 11 is 0. The van der Waals surface area contributed by atoms with E-state index in [0.29, 0.717) is 29.2 Å². The van der Waals surface area contributed by atoms with E-state index in [1.165, 1.54) is 25.2 Å². The molecule has 1 atom stereocenters. The fourth-order valence-electron chi connectivity index (χ4n) is 3.95. The number of nitrogens with zero attached hydrogens (tertiary/aromatic N) is 1. The summed E-state index contributed by atoms with van der Waals surface area (Å²) in [4.78, 5) is 14.6. The molecule has 7 nitrogen and oxygen atoms in total. The number of anilines is 1. The normalized spacial score (nSPS) is 15.9. The van der Waals surface area contributed by atoms with Gasteiger partial charge in [0, 0.05) is 24.2 Å². The molecule has 0 radical (unpaired) electrons. The van der Waals surface area contributed by atoms with Crippen molar-refractivity contribution in [2.24, 2.45) is 0 Å². The van der Waals surface area contributed by atoms with Crippen LogP contribution in [0.2, 0.25) is 0 Å². The molecule has 1 aliphatic heterocycles. The lowest BCUT2D eigenvalue weighted by Gasteiger charge is -2.37. The van der Waals surface area contributed by atoms with Crippen LogP contribution < -0.4 is 14.8 Å². The zero-order valence-electron chi connectivity index (χ0n) is 17.6. The summed E-state index contributed by atoms with van der Waals surface area (Å²) in [5, 5.41) is 2.36. The Morgan fingerprint density at radius 3 is 2.62 bits per heavy atom. The molecule has 0 aliphatic carbocycles. The van der Waals surface area contributed by atoms with Crippen LogP contribution in [0, 0.1) is 6.92 Å². The van der Waals surface area contributed by atoms with Crippen molar-refractivity contribution in [2.75, 3.05) is 26.1 Å². The van der Waals surface area contributed by atoms with Gasteiger partial charge in [-0.25, -0.2) is 4.79 Å². The van der Waals surface area contributed by atoms with E-state index >= 15 is 0 Å². The van der Waals surface area contributed by atoms with Crippen molar-refractivity contribution in [3.05, 3.63) is 65.0 Å². The summed E-state index contributed by atoms with van der Waals surface area (Å²) in [7, 11) is 3.04. The molecule has 2 amide bonds. The highest BCUT2D eigenvalue weighted by atomic mass is 19.4. The molecule has 170 valence electrons. The summed E-state index contributed by atoms with van der Waals surface area (Å²) in [6.45, 7) is 1.62. The first-order valence-corrected chi connectivity index (χ1v) is 9.76. The second-order valence-electron chi connectivity index (χ2n) is 7.29. The lowest BCUT2D eigenvalue weighted by Crippen LogP contribution is -2.43. The Kier molecular flexibility index (Phi) is 5.53. The van der Waals surface area contributed by atoms with Crippen LogP contribution in [0.5, 0.6) is 11.5 Å². The molecule has 0 spiro atoms. The van der Waals surface area contributed by atoms with E-state index < -0.39 is 29.7 Å². The highest BCUT2D eigenvalue weighted by Gasteiger charge is 2.41. The van der Waals surface area contributed by atoms with E-state index in [1.54, 1.807) is 25.3 Å². The van der Waals surface area contributed by atoms with Crippen molar-refractivity contribution < 1.29 is 36.3 Å². The number of urea groups is 1. The number of carbonyl (C=O) groups excluding carboxylic acids is 1. The standard InChI is InChI=1S/C22H21F3N2O5/c1-12-9-15(20(32-12)22(23,24)25)26-21(28)27-7-6-13-10-14(29-2)11-17(30-3)18(13)19(27)16-5-4-8-31-16/h4-5,8-11,19H,6-7H2,1-3H3,(H,26,28). The number of rotatable bonds is 4. The van der Waals surface area contributed by atoms with Gasteiger partial charge in [-0.3, -0.25) is 0 Å². The Hall–Kier alpha value is -3.56. The number of ether oxygens (including phenoxy) is 2. The average Bonchev–Trinajstić information content (AvgIpc) is 3.41. The number of nitrogens with one attached hydrogen (secondary N) is 1. The lowest BCUT2D eigenvalue weighted by molar-refractivity contribution is -0.152. The molecular formula is C22H21F3N2O5. The molecule has 1 aliphatic rings. The molecule has 1 N–H and O–H groups in total. The predicted molar refractivity (Wildman–Crippen MR) is 108 cm³/mol. The fourth-order valence-corrected chi connectivity index (χ4v) is 3.95. The molecular weight excluding hydrogens is 429 g/mol. The Balaban J connectivity index is 1.75. The second kappa shape index (κ2) is 8.18. The van der Waals surface area contributed by atoms with E-state index in [-0.39, 0.29) is 12.3 Å². The first-order chi connectivity index (χ1) is 15.2. The van der Waals surface area contributed by atoms with Crippen LogP contribution >= 0.6 is 0 Å². The topological polar surface area (TPSA) is 77.1 Å². The van der Waals surface area contributed by atoms with Crippen LogP contribution in [0.3, 0.4) is 0 Å². The number of aryl methyl sites for hydroxylation is 1. The van der Waals surface area contributed by atoms with Gasteiger partial charge in [-0.2, -0.15) is 13.2 Å². The highest BCUT2D eigenvalue weighted by Crippen LogP contribution is 2.43. The SMILES string of the molecule is COc1cc2c(c(OC)c1)C(c1ccco1)N(C(=O)Nc1cc(C)oc1C(F)(F)F)CC2. The van der Waals surface area contributed by atoms with Gasteiger partial charge in [0.1, 0.15) is 29.1 Å². The van der Waals surface area contributed by atoms with Crippen molar-refractivity contribution in [1.29, 1.82) is 0 Å². The Labute approximate surface area is 181 Å². The van der Waals surface area contributed by atoms with Gasteiger partial charge in [0.05, 0.1) is 26.2 Å². The minimum Gasteiger partial charge on any atom is -0.497 e. The van der Waals surface area contributed by atoms with Gasteiger partial charge >= 0.3 is 12.2 Å². The van der Waals surface area contributed by atoms with Gasteiger partial charge in [-0.1, -0.05) is 0 Å². The molecule has 2 aromatic heterocycles.